The molecule has 0 saturated carbocycles. The maximum Gasteiger partial charge on any atom is 0.435 e. The van der Waals surface area contributed by atoms with Crippen molar-refractivity contribution in [2.75, 3.05) is 24.5 Å². The van der Waals surface area contributed by atoms with Crippen molar-refractivity contribution in [3.8, 4) is 0 Å². The van der Waals surface area contributed by atoms with Gasteiger partial charge >= 0.3 is 6.18 Å². The van der Waals surface area contributed by atoms with Gasteiger partial charge in [0.25, 0.3) is 0 Å². The van der Waals surface area contributed by atoms with Gasteiger partial charge in [-0.2, -0.15) is 18.3 Å². The van der Waals surface area contributed by atoms with Gasteiger partial charge in [-0.3, -0.25) is 14.6 Å². The van der Waals surface area contributed by atoms with E-state index in [0.29, 0.717) is 25.5 Å². The smallest absolute Gasteiger partial charge is 0.346 e. The molecule has 0 bridgehead atoms. The molecule has 0 radical (unpaired) electrons. The first-order valence-electron chi connectivity index (χ1n) is 9.41. The van der Waals surface area contributed by atoms with Gasteiger partial charge < -0.3 is 4.90 Å². The van der Waals surface area contributed by atoms with Crippen LogP contribution in [-0.2, 0) is 19.8 Å². The Morgan fingerprint density at radius 3 is 2.53 bits per heavy atom. The number of benzene rings is 1. The summed E-state index contributed by atoms with van der Waals surface area (Å²) in [6, 6.07) is 5.94. The van der Waals surface area contributed by atoms with Gasteiger partial charge in [0.15, 0.2) is 5.69 Å². The summed E-state index contributed by atoms with van der Waals surface area (Å²) in [5.41, 5.74) is 0.129. The zero-order valence-electron chi connectivity index (χ0n) is 16.2. The molecule has 0 amide bonds. The number of anilines is 1. The summed E-state index contributed by atoms with van der Waals surface area (Å²) in [5.74, 6) is 0.325. The van der Waals surface area contributed by atoms with Gasteiger partial charge in [-0.15, -0.1) is 0 Å². The van der Waals surface area contributed by atoms with Crippen LogP contribution in [0.2, 0.25) is 0 Å². The van der Waals surface area contributed by atoms with E-state index in [4.69, 9.17) is 0 Å². The third kappa shape index (κ3) is 4.28. The highest BCUT2D eigenvalue weighted by Gasteiger charge is 2.38. The maximum atomic E-state index is 13.4. The number of alkyl halides is 3. The molecule has 1 aromatic carbocycles. The first-order chi connectivity index (χ1) is 14.3. The minimum absolute atomic E-state index is 0.120. The Hall–Kier alpha value is -3.01. The van der Waals surface area contributed by atoms with E-state index in [-0.39, 0.29) is 24.0 Å². The summed E-state index contributed by atoms with van der Waals surface area (Å²) in [5, 5.41) is 3.59. The third-order valence-electron chi connectivity index (χ3n) is 5.13. The van der Waals surface area contributed by atoms with Crippen LogP contribution in [0.3, 0.4) is 0 Å². The second-order valence-corrected chi connectivity index (χ2v) is 7.23. The molecule has 1 aliphatic heterocycles. The SMILES string of the molecule is Cn1cc(CN2CCN(c3cnccn3)C(c3ccc(F)cc3)C2)c(C(F)(F)F)n1. The van der Waals surface area contributed by atoms with Crippen molar-refractivity contribution in [1.29, 1.82) is 0 Å². The number of halogens is 4. The lowest BCUT2D eigenvalue weighted by molar-refractivity contribution is -0.142. The second-order valence-electron chi connectivity index (χ2n) is 7.23. The van der Waals surface area contributed by atoms with Crippen molar-refractivity contribution >= 4 is 5.82 Å². The Balaban J connectivity index is 1.61. The summed E-state index contributed by atoms with van der Waals surface area (Å²) >= 11 is 0. The van der Waals surface area contributed by atoms with E-state index < -0.39 is 11.9 Å². The lowest BCUT2D eigenvalue weighted by Gasteiger charge is -2.42. The molecule has 10 heteroatoms. The van der Waals surface area contributed by atoms with Crippen LogP contribution < -0.4 is 4.90 Å². The zero-order valence-corrected chi connectivity index (χ0v) is 16.2. The van der Waals surface area contributed by atoms with E-state index in [0.717, 1.165) is 5.56 Å². The number of piperazine rings is 1. The van der Waals surface area contributed by atoms with Crippen LogP contribution in [0.5, 0.6) is 0 Å². The fraction of sp³-hybridized carbons (Fsp3) is 0.350. The van der Waals surface area contributed by atoms with E-state index >= 15 is 0 Å². The Bertz CT molecular complexity index is 987. The minimum atomic E-state index is -4.51. The van der Waals surface area contributed by atoms with Crippen LogP contribution in [0.4, 0.5) is 23.4 Å². The topological polar surface area (TPSA) is 50.1 Å². The highest BCUT2D eigenvalue weighted by atomic mass is 19.4. The highest BCUT2D eigenvalue weighted by Crippen LogP contribution is 2.33. The van der Waals surface area contributed by atoms with E-state index in [1.54, 1.807) is 30.7 Å². The van der Waals surface area contributed by atoms with Crippen molar-refractivity contribution in [1.82, 2.24) is 24.6 Å². The molecule has 6 nitrogen and oxygen atoms in total. The van der Waals surface area contributed by atoms with Crippen molar-refractivity contribution in [3.05, 3.63) is 71.7 Å². The van der Waals surface area contributed by atoms with E-state index in [1.807, 2.05) is 9.80 Å². The number of hydrogen-bond acceptors (Lipinski definition) is 5. The summed E-state index contributed by atoms with van der Waals surface area (Å²) in [7, 11) is 1.48. The summed E-state index contributed by atoms with van der Waals surface area (Å²) in [6.45, 7) is 1.66. The van der Waals surface area contributed by atoms with Crippen LogP contribution in [0.15, 0.2) is 49.1 Å². The first kappa shape index (κ1) is 20.3. The Morgan fingerprint density at radius 1 is 1.10 bits per heavy atom. The lowest BCUT2D eigenvalue weighted by atomic mass is 10.0. The first-order valence-corrected chi connectivity index (χ1v) is 9.41. The highest BCUT2D eigenvalue weighted by molar-refractivity contribution is 5.41. The Labute approximate surface area is 170 Å². The molecule has 30 heavy (non-hydrogen) atoms. The standard InChI is InChI=1S/C20H20F4N6/c1-28-11-15(19(27-28)20(22,23)24)12-29-8-9-30(18-10-25-6-7-26-18)17(13-29)14-2-4-16(21)5-3-14/h2-7,10-11,17H,8-9,12-13H2,1H3. The molecular formula is C20H20F4N6. The van der Waals surface area contributed by atoms with Crippen LogP contribution >= 0.6 is 0 Å². The molecule has 158 valence electrons. The molecule has 0 aliphatic carbocycles. The normalized spacial score (nSPS) is 18.0. The van der Waals surface area contributed by atoms with E-state index in [2.05, 4.69) is 15.1 Å². The van der Waals surface area contributed by atoms with Crippen molar-refractivity contribution in [3.63, 3.8) is 0 Å². The van der Waals surface area contributed by atoms with Gasteiger partial charge in [0.2, 0.25) is 0 Å². The monoisotopic (exact) mass is 420 g/mol. The molecule has 1 fully saturated rings. The number of nitrogens with zero attached hydrogens (tertiary/aromatic N) is 6. The van der Waals surface area contributed by atoms with Crippen LogP contribution in [0.25, 0.3) is 0 Å². The molecule has 1 unspecified atom stereocenters. The molecule has 2 aromatic heterocycles. The number of rotatable bonds is 4. The molecule has 3 heterocycles. The van der Waals surface area contributed by atoms with E-state index in [9.17, 15) is 17.6 Å². The third-order valence-corrected chi connectivity index (χ3v) is 5.13. The Kier molecular flexibility index (Phi) is 5.42. The molecule has 1 saturated heterocycles. The Morgan fingerprint density at radius 2 is 1.87 bits per heavy atom. The van der Waals surface area contributed by atoms with Gasteiger partial charge in [0, 0.05) is 57.4 Å². The van der Waals surface area contributed by atoms with Gasteiger partial charge in [0.05, 0.1) is 12.2 Å². The maximum absolute atomic E-state index is 13.4. The van der Waals surface area contributed by atoms with Crippen LogP contribution in [-0.4, -0.2) is 44.3 Å². The quantitative estimate of drug-likeness (QED) is 0.606. The summed E-state index contributed by atoms with van der Waals surface area (Å²) < 4.78 is 54.6. The number of aryl methyl sites for hydroxylation is 1. The average molecular weight is 420 g/mol. The number of aromatic nitrogens is 4. The van der Waals surface area contributed by atoms with E-state index in [1.165, 1.54) is 30.1 Å². The molecule has 4 rings (SSSR count). The van der Waals surface area contributed by atoms with Gasteiger partial charge in [0.1, 0.15) is 11.6 Å². The van der Waals surface area contributed by atoms with Crippen molar-refractivity contribution in [2.24, 2.45) is 7.05 Å². The predicted octanol–water partition coefficient (Wildman–Crippen LogP) is 3.43. The largest absolute Gasteiger partial charge is 0.435 e. The summed E-state index contributed by atoms with van der Waals surface area (Å²) in [4.78, 5) is 12.5. The van der Waals surface area contributed by atoms with Gasteiger partial charge in [-0.1, -0.05) is 12.1 Å². The van der Waals surface area contributed by atoms with Crippen molar-refractivity contribution < 1.29 is 17.6 Å². The van der Waals surface area contributed by atoms with Crippen LogP contribution in [0, 0.1) is 5.82 Å². The van der Waals surface area contributed by atoms with Gasteiger partial charge in [-0.25, -0.2) is 9.37 Å². The fourth-order valence-electron chi connectivity index (χ4n) is 3.80. The number of hydrogen-bond donors (Lipinski definition) is 0. The molecule has 0 spiro atoms. The minimum Gasteiger partial charge on any atom is -0.346 e. The predicted molar refractivity (Wildman–Crippen MR) is 102 cm³/mol. The lowest BCUT2D eigenvalue weighted by Crippen LogP contribution is -2.48. The average Bonchev–Trinajstić information content (AvgIpc) is 3.10. The molecule has 0 N–H and O–H groups in total. The van der Waals surface area contributed by atoms with Crippen molar-refractivity contribution in [2.45, 2.75) is 18.8 Å². The second kappa shape index (κ2) is 8.02. The van der Waals surface area contributed by atoms with Crippen LogP contribution in [0.1, 0.15) is 22.9 Å². The van der Waals surface area contributed by atoms with Gasteiger partial charge in [-0.05, 0) is 17.7 Å². The molecule has 1 atom stereocenters. The molecule has 3 aromatic rings. The molecular weight excluding hydrogens is 400 g/mol. The summed E-state index contributed by atoms with van der Waals surface area (Å²) in [6.07, 6.45) is 1.72. The molecule has 1 aliphatic rings. The zero-order chi connectivity index (χ0) is 21.3. The fourth-order valence-corrected chi connectivity index (χ4v) is 3.80.